The Morgan fingerprint density at radius 2 is 2.15 bits per heavy atom. The van der Waals surface area contributed by atoms with Crippen molar-refractivity contribution in [1.82, 2.24) is 19.9 Å². The summed E-state index contributed by atoms with van der Waals surface area (Å²) in [7, 11) is 0. The predicted octanol–water partition coefficient (Wildman–Crippen LogP) is 2.07. The minimum atomic E-state index is -0.452. The van der Waals surface area contributed by atoms with E-state index in [1.54, 1.807) is 36.0 Å². The van der Waals surface area contributed by atoms with Crippen molar-refractivity contribution in [1.29, 1.82) is 0 Å². The van der Waals surface area contributed by atoms with E-state index in [0.29, 0.717) is 22.6 Å². The van der Waals surface area contributed by atoms with Crippen LogP contribution < -0.4 is 10.9 Å². The lowest BCUT2D eigenvalue weighted by Crippen LogP contribution is -2.32. The Kier molecular flexibility index (Phi) is 5.89. The summed E-state index contributed by atoms with van der Waals surface area (Å²) in [6.07, 6.45) is 8.57. The van der Waals surface area contributed by atoms with Crippen LogP contribution in [0.5, 0.6) is 0 Å². The smallest absolute Gasteiger partial charge is 0.262 e. The molecule has 3 rings (SSSR count). The van der Waals surface area contributed by atoms with Crippen molar-refractivity contribution in [3.8, 4) is 12.3 Å². The Morgan fingerprint density at radius 3 is 2.89 bits per heavy atom. The lowest BCUT2D eigenvalue weighted by molar-refractivity contribution is -0.120. The van der Waals surface area contributed by atoms with Gasteiger partial charge in [0.15, 0.2) is 5.16 Å². The molecule has 0 aliphatic rings. The maximum Gasteiger partial charge on any atom is 0.262 e. The van der Waals surface area contributed by atoms with Crippen LogP contribution in [0.4, 0.5) is 0 Å². The van der Waals surface area contributed by atoms with Crippen LogP contribution in [0.1, 0.15) is 12.5 Å². The summed E-state index contributed by atoms with van der Waals surface area (Å²) in [4.78, 5) is 33.9. The lowest BCUT2D eigenvalue weighted by Gasteiger charge is -2.16. The van der Waals surface area contributed by atoms with Crippen LogP contribution in [-0.2, 0) is 11.3 Å². The standard InChI is InChI=1S/C20H18N4O2S/c1-3-10-22-18(25)14(2)27-20-23-17-9-5-4-8-16(17)19(26)24(20)13-15-7-6-11-21-12-15/h1,4-9,11-12,14H,10,13H2,2H3,(H,22,25). The average Bonchev–Trinajstić information content (AvgIpc) is 2.69. The van der Waals surface area contributed by atoms with Crippen LogP contribution in [0.15, 0.2) is 58.7 Å². The van der Waals surface area contributed by atoms with E-state index < -0.39 is 5.25 Å². The second kappa shape index (κ2) is 8.52. The number of nitrogens with one attached hydrogen (secondary N) is 1. The molecule has 0 aliphatic heterocycles. The van der Waals surface area contributed by atoms with Crippen molar-refractivity contribution < 1.29 is 4.79 Å². The second-order valence-electron chi connectivity index (χ2n) is 5.85. The van der Waals surface area contributed by atoms with Crippen LogP contribution in [0.3, 0.4) is 0 Å². The van der Waals surface area contributed by atoms with Crippen LogP contribution in [0.2, 0.25) is 0 Å². The number of pyridine rings is 1. The Hall–Kier alpha value is -3.11. The Labute approximate surface area is 161 Å². The van der Waals surface area contributed by atoms with Crippen LogP contribution in [-0.4, -0.2) is 32.2 Å². The maximum absolute atomic E-state index is 13.0. The summed E-state index contributed by atoms with van der Waals surface area (Å²) >= 11 is 1.23. The van der Waals surface area contributed by atoms with Gasteiger partial charge in [0.05, 0.1) is 29.2 Å². The number of thioether (sulfide) groups is 1. The minimum Gasteiger partial charge on any atom is -0.344 e. The number of carbonyl (C=O) groups excluding carboxylic acids is 1. The van der Waals surface area contributed by atoms with Crippen molar-refractivity contribution in [3.05, 3.63) is 64.7 Å². The Morgan fingerprint density at radius 1 is 1.33 bits per heavy atom. The van der Waals surface area contributed by atoms with Gasteiger partial charge in [-0.3, -0.25) is 19.1 Å². The van der Waals surface area contributed by atoms with Gasteiger partial charge in [-0.05, 0) is 30.7 Å². The van der Waals surface area contributed by atoms with Crippen LogP contribution in [0.25, 0.3) is 10.9 Å². The highest BCUT2D eigenvalue weighted by molar-refractivity contribution is 8.00. The molecule has 0 saturated heterocycles. The number of hydrogen-bond acceptors (Lipinski definition) is 5. The van der Waals surface area contributed by atoms with Gasteiger partial charge in [0.25, 0.3) is 5.56 Å². The van der Waals surface area contributed by atoms with Crippen LogP contribution >= 0.6 is 11.8 Å². The van der Waals surface area contributed by atoms with E-state index >= 15 is 0 Å². The molecule has 7 heteroatoms. The number of rotatable bonds is 6. The van der Waals surface area contributed by atoms with Crippen molar-refractivity contribution in [2.75, 3.05) is 6.54 Å². The number of aromatic nitrogens is 3. The van der Waals surface area contributed by atoms with E-state index in [9.17, 15) is 9.59 Å². The molecule has 27 heavy (non-hydrogen) atoms. The van der Waals surface area contributed by atoms with E-state index in [2.05, 4.69) is 21.2 Å². The third-order valence-corrected chi connectivity index (χ3v) is 5.00. The third-order valence-electron chi connectivity index (χ3n) is 3.91. The van der Waals surface area contributed by atoms with Crippen molar-refractivity contribution in [2.45, 2.75) is 23.9 Å². The van der Waals surface area contributed by atoms with Gasteiger partial charge in [0, 0.05) is 12.4 Å². The number of para-hydroxylation sites is 1. The number of hydrogen-bond donors (Lipinski definition) is 1. The third kappa shape index (κ3) is 4.36. The van der Waals surface area contributed by atoms with Gasteiger partial charge >= 0.3 is 0 Å². The Balaban J connectivity index is 2.01. The second-order valence-corrected chi connectivity index (χ2v) is 7.15. The summed E-state index contributed by atoms with van der Waals surface area (Å²) in [6.45, 7) is 2.25. The molecule has 0 saturated carbocycles. The molecule has 136 valence electrons. The number of fused-ring (bicyclic) bond motifs is 1. The zero-order chi connectivity index (χ0) is 19.2. The van der Waals surface area contributed by atoms with Gasteiger partial charge in [-0.25, -0.2) is 4.98 Å². The molecule has 6 nitrogen and oxygen atoms in total. The van der Waals surface area contributed by atoms with Crippen molar-refractivity contribution >= 4 is 28.6 Å². The molecular weight excluding hydrogens is 360 g/mol. The Bertz CT molecular complexity index is 1060. The monoisotopic (exact) mass is 378 g/mol. The van der Waals surface area contributed by atoms with Gasteiger partial charge in [-0.15, -0.1) is 6.42 Å². The van der Waals surface area contributed by atoms with E-state index in [1.807, 2.05) is 24.3 Å². The first-order valence-corrected chi connectivity index (χ1v) is 9.24. The summed E-state index contributed by atoms with van der Waals surface area (Å²) in [5.74, 6) is 2.18. The zero-order valence-electron chi connectivity index (χ0n) is 14.8. The van der Waals surface area contributed by atoms with Gasteiger partial charge in [0.2, 0.25) is 5.91 Å². The SMILES string of the molecule is C#CCNC(=O)C(C)Sc1nc2ccccc2c(=O)n1Cc1cccnc1. The first-order valence-electron chi connectivity index (χ1n) is 8.36. The number of benzene rings is 1. The molecule has 1 aromatic carbocycles. The molecule has 1 N–H and O–H groups in total. The molecule has 3 aromatic rings. The highest BCUT2D eigenvalue weighted by Crippen LogP contribution is 2.23. The molecule has 1 amide bonds. The average molecular weight is 378 g/mol. The fourth-order valence-corrected chi connectivity index (χ4v) is 3.48. The first kappa shape index (κ1) is 18.7. The molecule has 2 aromatic heterocycles. The summed E-state index contributed by atoms with van der Waals surface area (Å²) < 4.78 is 1.58. The highest BCUT2D eigenvalue weighted by Gasteiger charge is 2.19. The fourth-order valence-electron chi connectivity index (χ4n) is 2.54. The molecule has 0 fully saturated rings. The van der Waals surface area contributed by atoms with E-state index in [-0.39, 0.29) is 18.0 Å². The zero-order valence-corrected chi connectivity index (χ0v) is 15.6. The van der Waals surface area contributed by atoms with Gasteiger partial charge in [-0.2, -0.15) is 0 Å². The quantitative estimate of drug-likeness (QED) is 0.404. The largest absolute Gasteiger partial charge is 0.344 e. The molecule has 1 unspecified atom stereocenters. The number of carbonyl (C=O) groups is 1. The van der Waals surface area contributed by atoms with Crippen molar-refractivity contribution in [2.24, 2.45) is 0 Å². The number of terminal acetylenes is 1. The van der Waals surface area contributed by atoms with Gasteiger partial charge in [-0.1, -0.05) is 35.9 Å². The van der Waals surface area contributed by atoms with E-state index in [1.165, 1.54) is 11.8 Å². The molecule has 0 bridgehead atoms. The topological polar surface area (TPSA) is 76.9 Å². The maximum atomic E-state index is 13.0. The van der Waals surface area contributed by atoms with Crippen LogP contribution in [0, 0.1) is 12.3 Å². The molecule has 2 heterocycles. The fraction of sp³-hybridized carbons (Fsp3) is 0.200. The molecular formula is C20H18N4O2S. The van der Waals surface area contributed by atoms with Gasteiger partial charge < -0.3 is 5.32 Å². The van der Waals surface area contributed by atoms with E-state index in [4.69, 9.17) is 6.42 Å². The summed E-state index contributed by atoms with van der Waals surface area (Å²) in [5, 5.41) is 3.21. The predicted molar refractivity (Wildman–Crippen MR) is 107 cm³/mol. The molecule has 1 atom stereocenters. The highest BCUT2D eigenvalue weighted by atomic mass is 32.2. The normalized spacial score (nSPS) is 11.7. The molecule has 0 radical (unpaired) electrons. The summed E-state index contributed by atoms with van der Waals surface area (Å²) in [6, 6.07) is 10.9. The van der Waals surface area contributed by atoms with Gasteiger partial charge in [0.1, 0.15) is 0 Å². The van der Waals surface area contributed by atoms with Crippen molar-refractivity contribution in [3.63, 3.8) is 0 Å². The molecule has 0 aliphatic carbocycles. The lowest BCUT2D eigenvalue weighted by atomic mass is 10.2. The number of nitrogens with zero attached hydrogens (tertiary/aromatic N) is 3. The molecule has 0 spiro atoms. The summed E-state index contributed by atoms with van der Waals surface area (Å²) in [5.41, 5.74) is 1.33. The minimum absolute atomic E-state index is 0.150. The van der Waals surface area contributed by atoms with E-state index in [0.717, 1.165) is 5.56 Å². The number of amides is 1. The first-order chi connectivity index (χ1) is 13.1.